The summed E-state index contributed by atoms with van der Waals surface area (Å²) >= 11 is 0. The van der Waals surface area contributed by atoms with Crippen molar-refractivity contribution in [3.8, 4) is 0 Å². The number of anilines is 2. The lowest BCUT2D eigenvalue weighted by Gasteiger charge is -2.31. The van der Waals surface area contributed by atoms with Gasteiger partial charge >= 0.3 is 0 Å². The van der Waals surface area contributed by atoms with Gasteiger partial charge in [-0.1, -0.05) is 0 Å². The highest BCUT2D eigenvalue weighted by molar-refractivity contribution is 5.25. The van der Waals surface area contributed by atoms with Crippen molar-refractivity contribution in [1.29, 1.82) is 0 Å². The van der Waals surface area contributed by atoms with Crippen molar-refractivity contribution >= 4 is 11.9 Å². The van der Waals surface area contributed by atoms with Crippen LogP contribution in [-0.4, -0.2) is 32.9 Å². The highest BCUT2D eigenvalue weighted by atomic mass is 19.1. The molecule has 0 amide bonds. The molecule has 4 N–H and O–H groups in total. The largest absolute Gasteiger partial charge is 0.368 e. The van der Waals surface area contributed by atoms with Crippen molar-refractivity contribution < 1.29 is 8.78 Å². The van der Waals surface area contributed by atoms with E-state index < -0.39 is 11.6 Å². The lowest BCUT2D eigenvalue weighted by atomic mass is 9.90. The third-order valence-electron chi connectivity index (χ3n) is 4.24. The fraction of sp³-hybridized carbons (Fsp3) is 0.438. The van der Waals surface area contributed by atoms with Crippen molar-refractivity contribution in [3.05, 3.63) is 41.2 Å². The summed E-state index contributed by atoms with van der Waals surface area (Å²) in [5.41, 5.74) is 11.9. The molecule has 0 aliphatic carbocycles. The van der Waals surface area contributed by atoms with Crippen LogP contribution in [0.15, 0.2) is 18.2 Å². The van der Waals surface area contributed by atoms with Crippen LogP contribution < -0.4 is 11.5 Å². The van der Waals surface area contributed by atoms with Gasteiger partial charge in [-0.15, -0.1) is 0 Å². The Morgan fingerprint density at radius 2 is 1.54 bits per heavy atom. The van der Waals surface area contributed by atoms with Crippen LogP contribution in [0.2, 0.25) is 0 Å². The Bertz CT molecular complexity index is 614. The molecule has 2 aromatic rings. The van der Waals surface area contributed by atoms with E-state index >= 15 is 0 Å². The molecule has 1 aliphatic heterocycles. The molecule has 128 valence electrons. The number of hydrogen-bond acceptors (Lipinski definition) is 6. The molecule has 3 rings (SSSR count). The standard InChI is InChI=1S/C16H20F2N6/c17-12-6-11(7-13(18)8-12)5-10-1-3-24(4-2-10)9-14-21-15(19)23-16(20)22-14/h6-8,10H,1-5,9H2,(H4,19,20,21,22,23). The smallest absolute Gasteiger partial charge is 0.225 e. The highest BCUT2D eigenvalue weighted by Crippen LogP contribution is 2.23. The molecule has 6 nitrogen and oxygen atoms in total. The number of nitrogen functional groups attached to an aromatic ring is 2. The topological polar surface area (TPSA) is 93.9 Å². The first-order chi connectivity index (χ1) is 11.5. The Kier molecular flexibility index (Phi) is 4.84. The predicted molar refractivity (Wildman–Crippen MR) is 86.7 cm³/mol. The minimum absolute atomic E-state index is 0.125. The monoisotopic (exact) mass is 334 g/mol. The lowest BCUT2D eigenvalue weighted by Crippen LogP contribution is -2.34. The van der Waals surface area contributed by atoms with Crippen LogP contribution in [0, 0.1) is 17.6 Å². The van der Waals surface area contributed by atoms with Gasteiger partial charge in [0.2, 0.25) is 11.9 Å². The summed E-state index contributed by atoms with van der Waals surface area (Å²) in [5, 5.41) is 0. The molecule has 24 heavy (non-hydrogen) atoms. The van der Waals surface area contributed by atoms with Gasteiger partial charge in [0.15, 0.2) is 0 Å². The van der Waals surface area contributed by atoms with Gasteiger partial charge < -0.3 is 11.5 Å². The van der Waals surface area contributed by atoms with Crippen molar-refractivity contribution in [2.45, 2.75) is 25.8 Å². The van der Waals surface area contributed by atoms with Gasteiger partial charge in [0.05, 0.1) is 6.54 Å². The van der Waals surface area contributed by atoms with E-state index in [9.17, 15) is 8.78 Å². The lowest BCUT2D eigenvalue weighted by molar-refractivity contribution is 0.173. The Labute approximate surface area is 138 Å². The van der Waals surface area contributed by atoms with Crippen LogP contribution in [0.1, 0.15) is 24.2 Å². The minimum atomic E-state index is -0.521. The number of halogens is 2. The second kappa shape index (κ2) is 7.04. The summed E-state index contributed by atoms with van der Waals surface area (Å²) in [6.45, 7) is 2.31. The van der Waals surface area contributed by atoms with Gasteiger partial charge in [-0.25, -0.2) is 8.78 Å². The third kappa shape index (κ3) is 4.35. The zero-order valence-electron chi connectivity index (χ0n) is 13.3. The molecule has 0 bridgehead atoms. The normalized spacial score (nSPS) is 16.4. The molecule has 1 aliphatic rings. The summed E-state index contributed by atoms with van der Waals surface area (Å²) in [5.74, 6) is 0.183. The number of piperidine rings is 1. The van der Waals surface area contributed by atoms with Crippen molar-refractivity contribution in [1.82, 2.24) is 19.9 Å². The van der Waals surface area contributed by atoms with Crippen LogP contribution in [0.3, 0.4) is 0 Å². The average Bonchev–Trinajstić information content (AvgIpc) is 2.47. The maximum absolute atomic E-state index is 13.3. The molecule has 1 aromatic heterocycles. The third-order valence-corrected chi connectivity index (χ3v) is 4.24. The Hall–Kier alpha value is -2.35. The molecule has 2 heterocycles. The number of nitrogens with two attached hydrogens (primary N) is 2. The first kappa shape index (κ1) is 16.5. The maximum Gasteiger partial charge on any atom is 0.225 e. The molecule has 0 radical (unpaired) electrons. The fourth-order valence-corrected chi connectivity index (χ4v) is 3.14. The van der Waals surface area contributed by atoms with E-state index in [1.807, 2.05) is 0 Å². The Balaban J connectivity index is 1.53. The van der Waals surface area contributed by atoms with Gasteiger partial charge in [-0.05, 0) is 56.0 Å². The summed E-state index contributed by atoms with van der Waals surface area (Å²) in [4.78, 5) is 14.1. The van der Waals surface area contributed by atoms with E-state index in [2.05, 4.69) is 19.9 Å². The number of likely N-dealkylation sites (tertiary alicyclic amines) is 1. The van der Waals surface area contributed by atoms with Crippen molar-refractivity contribution in [2.24, 2.45) is 5.92 Å². The van der Waals surface area contributed by atoms with Gasteiger partial charge in [-0.3, -0.25) is 4.90 Å². The summed E-state index contributed by atoms with van der Waals surface area (Å²) in [7, 11) is 0. The summed E-state index contributed by atoms with van der Waals surface area (Å²) in [6.07, 6.45) is 2.59. The highest BCUT2D eigenvalue weighted by Gasteiger charge is 2.21. The van der Waals surface area contributed by atoms with Crippen LogP contribution in [-0.2, 0) is 13.0 Å². The van der Waals surface area contributed by atoms with Crippen LogP contribution >= 0.6 is 0 Å². The van der Waals surface area contributed by atoms with E-state index in [-0.39, 0.29) is 11.9 Å². The van der Waals surface area contributed by atoms with Gasteiger partial charge in [-0.2, -0.15) is 15.0 Å². The number of benzene rings is 1. The van der Waals surface area contributed by atoms with Gasteiger partial charge in [0, 0.05) is 6.07 Å². The molecule has 0 saturated carbocycles. The van der Waals surface area contributed by atoms with Crippen LogP contribution in [0.5, 0.6) is 0 Å². The zero-order chi connectivity index (χ0) is 17.1. The molecule has 1 aromatic carbocycles. The van der Waals surface area contributed by atoms with Crippen molar-refractivity contribution in [2.75, 3.05) is 24.6 Å². The number of aromatic nitrogens is 3. The molecule has 8 heteroatoms. The minimum Gasteiger partial charge on any atom is -0.368 e. The first-order valence-electron chi connectivity index (χ1n) is 7.91. The van der Waals surface area contributed by atoms with E-state index in [0.29, 0.717) is 30.3 Å². The molecule has 1 saturated heterocycles. The maximum atomic E-state index is 13.3. The average molecular weight is 334 g/mol. The summed E-state index contributed by atoms with van der Waals surface area (Å²) < 4.78 is 26.5. The van der Waals surface area contributed by atoms with E-state index in [1.165, 1.54) is 12.1 Å². The number of rotatable bonds is 4. The second-order valence-corrected chi connectivity index (χ2v) is 6.17. The van der Waals surface area contributed by atoms with Crippen LogP contribution in [0.4, 0.5) is 20.7 Å². The summed E-state index contributed by atoms with van der Waals surface area (Å²) in [6, 6.07) is 3.72. The Morgan fingerprint density at radius 1 is 0.958 bits per heavy atom. The molecular formula is C16H20F2N6. The van der Waals surface area contributed by atoms with Crippen molar-refractivity contribution in [3.63, 3.8) is 0 Å². The zero-order valence-corrected chi connectivity index (χ0v) is 13.3. The predicted octanol–water partition coefficient (Wildman–Crippen LogP) is 1.77. The number of nitrogens with zero attached hydrogens (tertiary/aromatic N) is 4. The molecule has 1 fully saturated rings. The Morgan fingerprint density at radius 3 is 2.12 bits per heavy atom. The first-order valence-corrected chi connectivity index (χ1v) is 7.91. The molecule has 0 spiro atoms. The molecular weight excluding hydrogens is 314 g/mol. The fourth-order valence-electron chi connectivity index (χ4n) is 3.14. The molecule has 0 unspecified atom stereocenters. The molecule has 0 atom stereocenters. The second-order valence-electron chi connectivity index (χ2n) is 6.17. The van der Waals surface area contributed by atoms with E-state index in [4.69, 9.17) is 11.5 Å². The SMILES string of the molecule is Nc1nc(N)nc(CN2CCC(Cc3cc(F)cc(F)c3)CC2)n1. The van der Waals surface area contributed by atoms with Gasteiger partial charge in [0.25, 0.3) is 0 Å². The van der Waals surface area contributed by atoms with E-state index in [0.717, 1.165) is 32.0 Å². The van der Waals surface area contributed by atoms with Gasteiger partial charge in [0.1, 0.15) is 17.5 Å². The quantitative estimate of drug-likeness (QED) is 0.885. The van der Waals surface area contributed by atoms with E-state index in [1.54, 1.807) is 0 Å². The number of hydrogen-bond donors (Lipinski definition) is 2. The van der Waals surface area contributed by atoms with Crippen LogP contribution in [0.25, 0.3) is 0 Å².